The summed E-state index contributed by atoms with van der Waals surface area (Å²) in [5, 5.41) is 19.7. The number of aliphatic hydroxyl groups is 2. The van der Waals surface area contributed by atoms with Crippen molar-refractivity contribution in [2.75, 3.05) is 32.7 Å². The summed E-state index contributed by atoms with van der Waals surface area (Å²) in [4.78, 5) is 22.5. The van der Waals surface area contributed by atoms with Gasteiger partial charge in [0.1, 0.15) is 30.7 Å². The number of nitrogens with zero attached hydrogens (tertiary/aromatic N) is 4. The number of ether oxygens (including phenoxy) is 2. The molecular weight excluding hydrogens is 322 g/mol. The van der Waals surface area contributed by atoms with Crippen LogP contribution in [0.3, 0.4) is 0 Å². The summed E-state index contributed by atoms with van der Waals surface area (Å²) in [6.45, 7) is 0.130. The summed E-state index contributed by atoms with van der Waals surface area (Å²) in [5.41, 5.74) is 6.60. The van der Waals surface area contributed by atoms with Crippen LogP contribution in [0.25, 0.3) is 11.2 Å². The normalized spacial score (nSPS) is 27.1. The Hall–Kier alpha value is -1.89. The Morgan fingerprint density at radius 2 is 2.17 bits per heavy atom. The fourth-order valence-corrected chi connectivity index (χ4v) is 2.50. The third-order valence-electron chi connectivity index (χ3n) is 3.70. The van der Waals surface area contributed by atoms with Gasteiger partial charge in [-0.3, -0.25) is 4.57 Å². The predicted octanol–water partition coefficient (Wildman–Crippen LogP) is -1.38. The average molecular weight is 341 g/mol. The molecule has 11 heteroatoms. The van der Waals surface area contributed by atoms with Gasteiger partial charge in [-0.1, -0.05) is 0 Å². The third kappa shape index (κ3) is 3.05. The molecular formula is C13H19N5O6. The van der Waals surface area contributed by atoms with Crippen LogP contribution in [0.4, 0.5) is 5.82 Å². The van der Waals surface area contributed by atoms with Crippen molar-refractivity contribution in [2.24, 2.45) is 0 Å². The first-order valence-electron chi connectivity index (χ1n) is 7.32. The second kappa shape index (κ2) is 7.34. The molecule has 1 saturated heterocycles. The number of imidazole rings is 1. The van der Waals surface area contributed by atoms with Crippen LogP contribution in [0.15, 0.2) is 12.7 Å². The van der Waals surface area contributed by atoms with Crippen LogP contribution in [0.2, 0.25) is 0 Å². The van der Waals surface area contributed by atoms with Crippen molar-refractivity contribution in [3.05, 3.63) is 12.7 Å². The lowest BCUT2D eigenvalue weighted by molar-refractivity contribution is -0.347. The van der Waals surface area contributed by atoms with Crippen LogP contribution < -0.4 is 5.73 Å². The lowest BCUT2D eigenvalue weighted by Crippen LogP contribution is -2.35. The molecule has 0 saturated carbocycles. The second-order valence-corrected chi connectivity index (χ2v) is 5.20. The Kier molecular flexibility index (Phi) is 5.18. The highest BCUT2D eigenvalue weighted by Gasteiger charge is 2.47. The first-order chi connectivity index (χ1) is 11.7. The van der Waals surface area contributed by atoms with Crippen LogP contribution in [0.1, 0.15) is 6.23 Å². The molecule has 1 fully saturated rings. The van der Waals surface area contributed by atoms with E-state index in [1.165, 1.54) is 19.8 Å². The van der Waals surface area contributed by atoms with Gasteiger partial charge in [-0.15, -0.1) is 0 Å². The first-order valence-corrected chi connectivity index (χ1v) is 7.32. The van der Waals surface area contributed by atoms with Gasteiger partial charge in [0.2, 0.25) is 0 Å². The van der Waals surface area contributed by atoms with Gasteiger partial charge in [0.25, 0.3) is 0 Å². The van der Waals surface area contributed by atoms with Gasteiger partial charge < -0.3 is 25.4 Å². The minimum Gasteiger partial charge on any atom is -0.394 e. The zero-order valence-electron chi connectivity index (χ0n) is 13.0. The topological polar surface area (TPSA) is 147 Å². The van der Waals surface area contributed by atoms with Crippen LogP contribution in [0.5, 0.6) is 0 Å². The number of rotatable bonds is 7. The number of aromatic nitrogens is 4. The number of nitrogens with two attached hydrogens (primary N) is 1. The molecule has 4 N–H and O–H groups in total. The Balaban J connectivity index is 1.86. The van der Waals surface area contributed by atoms with E-state index in [1.807, 2.05) is 0 Å². The van der Waals surface area contributed by atoms with E-state index in [1.54, 1.807) is 4.57 Å². The van der Waals surface area contributed by atoms with Crippen LogP contribution >= 0.6 is 0 Å². The van der Waals surface area contributed by atoms with Gasteiger partial charge in [-0.2, -0.15) is 0 Å². The summed E-state index contributed by atoms with van der Waals surface area (Å²) < 4.78 is 12.1. The highest BCUT2D eigenvalue weighted by Crippen LogP contribution is 2.33. The maximum Gasteiger partial charge on any atom is 0.169 e. The minimum absolute atomic E-state index is 0.177. The molecule has 0 aromatic carbocycles. The Labute approximate surface area is 136 Å². The lowest BCUT2D eigenvalue weighted by Gasteiger charge is -2.20. The number of nitrogen functional groups attached to an aromatic ring is 1. The number of fused-ring (bicyclic) bond motifs is 1. The van der Waals surface area contributed by atoms with E-state index in [0.29, 0.717) is 17.8 Å². The summed E-state index contributed by atoms with van der Waals surface area (Å²) in [6, 6.07) is 0. The number of hydrogen-bond donors (Lipinski definition) is 3. The van der Waals surface area contributed by atoms with E-state index in [4.69, 9.17) is 25.0 Å². The molecule has 0 amide bonds. The Morgan fingerprint density at radius 3 is 2.92 bits per heavy atom. The second-order valence-electron chi connectivity index (χ2n) is 5.20. The van der Waals surface area contributed by atoms with Crippen LogP contribution in [-0.2, 0) is 19.2 Å². The van der Waals surface area contributed by atoms with Gasteiger partial charge in [0.15, 0.2) is 23.8 Å². The summed E-state index contributed by atoms with van der Waals surface area (Å²) in [6.07, 6.45) is -0.873. The van der Waals surface area contributed by atoms with Gasteiger partial charge >= 0.3 is 0 Å². The van der Waals surface area contributed by atoms with Crippen molar-refractivity contribution in [1.82, 2.24) is 19.5 Å². The summed E-state index contributed by atoms with van der Waals surface area (Å²) in [5.74, 6) is 0.227. The first kappa shape index (κ1) is 17.0. The van der Waals surface area contributed by atoms with Gasteiger partial charge in [0.05, 0.1) is 19.5 Å². The van der Waals surface area contributed by atoms with Crippen molar-refractivity contribution < 1.29 is 29.5 Å². The molecule has 1 aliphatic rings. The van der Waals surface area contributed by atoms with Crippen LogP contribution in [0, 0.1) is 0 Å². The molecule has 2 aromatic rings. The highest BCUT2D eigenvalue weighted by atomic mass is 17.2. The standard InChI is InChI=1S/C13H19N5O6/c1-21-2-3-22-24-10-9(20)7(4-19)23-13(10)18-6-17-8-11(14)15-5-16-12(8)18/h5-7,9-10,13,19-20H,2-4H2,1H3,(H2,14,15,16)/t7-,9?,10?,13-/m1/s1. The minimum atomic E-state index is -1.10. The van der Waals surface area contributed by atoms with Gasteiger partial charge in [-0.05, 0) is 0 Å². The third-order valence-corrected chi connectivity index (χ3v) is 3.70. The number of methoxy groups -OCH3 is 1. The van der Waals surface area contributed by atoms with Crippen molar-refractivity contribution in [2.45, 2.75) is 24.5 Å². The molecule has 0 radical (unpaired) electrons. The fraction of sp³-hybridized carbons (Fsp3) is 0.615. The molecule has 4 atom stereocenters. The zero-order valence-corrected chi connectivity index (χ0v) is 13.0. The maximum absolute atomic E-state index is 10.3. The monoisotopic (exact) mass is 341 g/mol. The zero-order chi connectivity index (χ0) is 17.1. The average Bonchev–Trinajstić information content (AvgIpc) is 3.14. The van der Waals surface area contributed by atoms with E-state index >= 15 is 0 Å². The predicted molar refractivity (Wildman–Crippen MR) is 79.4 cm³/mol. The van der Waals surface area contributed by atoms with Gasteiger partial charge in [0, 0.05) is 7.11 Å². The smallest absolute Gasteiger partial charge is 0.169 e. The molecule has 0 aliphatic carbocycles. The quantitative estimate of drug-likeness (QED) is 0.313. The lowest BCUT2D eigenvalue weighted by atomic mass is 10.1. The summed E-state index contributed by atoms with van der Waals surface area (Å²) >= 11 is 0. The number of aliphatic hydroxyl groups excluding tert-OH is 2. The number of hydrogen-bond acceptors (Lipinski definition) is 10. The molecule has 2 unspecified atom stereocenters. The highest BCUT2D eigenvalue weighted by molar-refractivity contribution is 5.81. The summed E-state index contributed by atoms with van der Waals surface area (Å²) in [7, 11) is 1.53. The Morgan fingerprint density at radius 1 is 1.33 bits per heavy atom. The molecule has 1 aliphatic heterocycles. The fourth-order valence-electron chi connectivity index (χ4n) is 2.50. The molecule has 11 nitrogen and oxygen atoms in total. The van der Waals surface area contributed by atoms with Crippen molar-refractivity contribution in [3.8, 4) is 0 Å². The molecule has 132 valence electrons. The molecule has 2 aromatic heterocycles. The Bertz CT molecular complexity index is 682. The maximum atomic E-state index is 10.3. The molecule has 0 spiro atoms. The van der Waals surface area contributed by atoms with Crippen molar-refractivity contribution in [1.29, 1.82) is 0 Å². The SMILES string of the molecule is COCCOOC1C(O)[C@@H](CO)O[C@H]1n1cnc2c(N)ncnc21. The van der Waals surface area contributed by atoms with E-state index < -0.39 is 24.5 Å². The van der Waals surface area contributed by atoms with Crippen molar-refractivity contribution >= 4 is 17.0 Å². The largest absolute Gasteiger partial charge is 0.394 e. The van der Waals surface area contributed by atoms with Crippen molar-refractivity contribution in [3.63, 3.8) is 0 Å². The van der Waals surface area contributed by atoms with Gasteiger partial charge in [-0.25, -0.2) is 24.7 Å². The van der Waals surface area contributed by atoms with E-state index in [-0.39, 0.29) is 19.0 Å². The molecule has 3 rings (SSSR count). The van der Waals surface area contributed by atoms with E-state index in [2.05, 4.69) is 15.0 Å². The van der Waals surface area contributed by atoms with Crippen LogP contribution in [-0.4, -0.2) is 75.0 Å². The molecule has 0 bridgehead atoms. The molecule has 3 heterocycles. The number of anilines is 1. The molecule has 24 heavy (non-hydrogen) atoms. The van der Waals surface area contributed by atoms with E-state index in [0.717, 1.165) is 0 Å². The van der Waals surface area contributed by atoms with E-state index in [9.17, 15) is 10.2 Å².